The number of likely N-dealkylation sites (tertiary alicyclic amines) is 1. The predicted octanol–water partition coefficient (Wildman–Crippen LogP) is 4.81. The van der Waals surface area contributed by atoms with Gasteiger partial charge in [-0.05, 0) is 49.6 Å². The number of urea groups is 1. The lowest BCUT2D eigenvalue weighted by Gasteiger charge is -2.34. The molecule has 1 fully saturated rings. The standard InChI is InChI=1S/C26H30F3N5O2/c1-4-23(35)32-20-13-15-33(16-14-20)18(3)31-24(22-8-6-5-7-17(22)2)34(25(30)36)21-11-9-19(10-12-21)26(27,28)29/h5-12,20H,3-4,13-16H2,1-2H3,(H2,30,36)(H,32,35). The highest BCUT2D eigenvalue weighted by Gasteiger charge is 2.31. The van der Waals surface area contributed by atoms with Crippen molar-refractivity contribution in [3.8, 4) is 0 Å². The van der Waals surface area contributed by atoms with Crippen molar-refractivity contribution in [3.63, 3.8) is 0 Å². The SMILES string of the molecule is C=C(N=C(c1ccccc1C)N(C(N)=O)c1ccc(C(F)(F)F)cc1)N1CCC(NC(=O)CC)CC1. The van der Waals surface area contributed by atoms with Gasteiger partial charge in [-0.3, -0.25) is 4.79 Å². The second-order valence-electron chi connectivity index (χ2n) is 8.57. The highest BCUT2D eigenvalue weighted by atomic mass is 19.4. The number of aryl methyl sites for hydroxylation is 1. The molecular formula is C26H30F3N5O2. The zero-order valence-corrected chi connectivity index (χ0v) is 20.3. The van der Waals surface area contributed by atoms with Crippen LogP contribution in [0.15, 0.2) is 65.9 Å². The zero-order chi connectivity index (χ0) is 26.5. The first-order chi connectivity index (χ1) is 17.0. The third kappa shape index (κ3) is 6.44. The van der Waals surface area contributed by atoms with Crippen LogP contribution >= 0.6 is 0 Å². The Balaban J connectivity index is 1.95. The quantitative estimate of drug-likeness (QED) is 0.440. The Morgan fingerprint density at radius 3 is 2.28 bits per heavy atom. The number of nitrogens with one attached hydrogen (secondary N) is 1. The first-order valence-electron chi connectivity index (χ1n) is 11.7. The average Bonchev–Trinajstić information content (AvgIpc) is 2.84. The van der Waals surface area contributed by atoms with Crippen molar-refractivity contribution in [2.24, 2.45) is 10.7 Å². The maximum atomic E-state index is 13.1. The Labute approximate surface area is 208 Å². The number of amidine groups is 1. The first kappa shape index (κ1) is 26.8. The smallest absolute Gasteiger partial charge is 0.357 e. The number of carbonyl (C=O) groups excluding carboxylic acids is 2. The second kappa shape index (κ2) is 11.3. The summed E-state index contributed by atoms with van der Waals surface area (Å²) in [6, 6.07) is 10.5. The molecule has 0 radical (unpaired) electrons. The minimum atomic E-state index is -4.51. The van der Waals surface area contributed by atoms with Gasteiger partial charge in [-0.15, -0.1) is 0 Å². The highest BCUT2D eigenvalue weighted by molar-refractivity contribution is 6.23. The van der Waals surface area contributed by atoms with E-state index in [1.54, 1.807) is 19.1 Å². The maximum absolute atomic E-state index is 13.1. The van der Waals surface area contributed by atoms with Crippen molar-refractivity contribution >= 4 is 23.5 Å². The number of halogens is 3. The Bertz CT molecular complexity index is 1140. The molecular weight excluding hydrogens is 471 g/mol. The number of nitrogens with two attached hydrogens (primary N) is 1. The number of primary amides is 1. The van der Waals surface area contributed by atoms with Crippen LogP contribution in [0.25, 0.3) is 0 Å². The minimum absolute atomic E-state index is 0.000720. The molecule has 36 heavy (non-hydrogen) atoms. The molecule has 1 aliphatic rings. The molecule has 2 aromatic carbocycles. The van der Waals surface area contributed by atoms with Crippen molar-refractivity contribution in [1.29, 1.82) is 0 Å². The molecule has 0 aliphatic carbocycles. The van der Waals surface area contributed by atoms with Crippen LogP contribution in [-0.4, -0.2) is 41.8 Å². The summed E-state index contributed by atoms with van der Waals surface area (Å²) in [7, 11) is 0. The molecule has 1 aliphatic heterocycles. The van der Waals surface area contributed by atoms with Crippen molar-refractivity contribution in [2.45, 2.75) is 45.3 Å². The molecule has 192 valence electrons. The van der Waals surface area contributed by atoms with E-state index in [1.165, 1.54) is 12.1 Å². The number of alkyl halides is 3. The number of carbonyl (C=O) groups is 2. The van der Waals surface area contributed by atoms with Crippen LogP contribution in [0, 0.1) is 6.92 Å². The number of piperidine rings is 1. The number of hydrogen-bond donors (Lipinski definition) is 2. The van der Waals surface area contributed by atoms with E-state index in [0.717, 1.165) is 22.6 Å². The Morgan fingerprint density at radius 2 is 1.75 bits per heavy atom. The number of aliphatic imine (C=N–C) groups is 1. The van der Waals surface area contributed by atoms with Gasteiger partial charge in [0.2, 0.25) is 5.91 Å². The fraction of sp³-hybridized carbons (Fsp3) is 0.346. The largest absolute Gasteiger partial charge is 0.416 e. The fourth-order valence-corrected chi connectivity index (χ4v) is 4.01. The lowest BCUT2D eigenvalue weighted by Crippen LogP contribution is -2.45. The molecule has 0 bridgehead atoms. The van der Waals surface area contributed by atoms with Crippen LogP contribution in [0.2, 0.25) is 0 Å². The minimum Gasteiger partial charge on any atom is -0.357 e. The second-order valence-corrected chi connectivity index (χ2v) is 8.57. The Morgan fingerprint density at radius 1 is 1.14 bits per heavy atom. The molecule has 0 unspecified atom stereocenters. The summed E-state index contributed by atoms with van der Waals surface area (Å²) in [5.41, 5.74) is 6.40. The van der Waals surface area contributed by atoms with Crippen molar-refractivity contribution in [3.05, 3.63) is 77.6 Å². The van der Waals surface area contributed by atoms with E-state index in [1.807, 2.05) is 24.0 Å². The summed E-state index contributed by atoms with van der Waals surface area (Å²) < 4.78 is 39.2. The lowest BCUT2D eigenvalue weighted by atomic mass is 10.0. The number of amides is 3. The van der Waals surface area contributed by atoms with Gasteiger partial charge in [0.1, 0.15) is 5.82 Å². The van der Waals surface area contributed by atoms with Gasteiger partial charge in [-0.25, -0.2) is 14.7 Å². The van der Waals surface area contributed by atoms with E-state index >= 15 is 0 Å². The predicted molar refractivity (Wildman–Crippen MR) is 133 cm³/mol. The van der Waals surface area contributed by atoms with E-state index < -0.39 is 17.8 Å². The van der Waals surface area contributed by atoms with Crippen molar-refractivity contribution in [1.82, 2.24) is 10.2 Å². The molecule has 7 nitrogen and oxygen atoms in total. The molecule has 0 spiro atoms. The number of nitrogens with zero attached hydrogens (tertiary/aromatic N) is 3. The van der Waals surface area contributed by atoms with Crippen LogP contribution in [0.1, 0.15) is 42.9 Å². The van der Waals surface area contributed by atoms with Crippen LogP contribution in [0.5, 0.6) is 0 Å². The van der Waals surface area contributed by atoms with Gasteiger partial charge in [0, 0.05) is 31.1 Å². The summed E-state index contributed by atoms with van der Waals surface area (Å²) in [6.45, 7) is 8.90. The third-order valence-electron chi connectivity index (χ3n) is 6.05. The normalized spacial score (nSPS) is 14.9. The first-order valence-corrected chi connectivity index (χ1v) is 11.7. The molecule has 0 aromatic heterocycles. The van der Waals surface area contributed by atoms with Crippen molar-refractivity contribution in [2.75, 3.05) is 18.0 Å². The summed E-state index contributed by atoms with van der Waals surface area (Å²) in [4.78, 5) is 32.0. The highest BCUT2D eigenvalue weighted by Crippen LogP contribution is 2.31. The van der Waals surface area contributed by atoms with Crippen LogP contribution in [0.4, 0.5) is 23.7 Å². The summed E-state index contributed by atoms with van der Waals surface area (Å²) in [5.74, 6) is 0.541. The van der Waals surface area contributed by atoms with E-state index in [4.69, 9.17) is 5.73 Å². The molecule has 3 amide bonds. The van der Waals surface area contributed by atoms with Gasteiger partial charge in [0.25, 0.3) is 0 Å². The molecule has 0 saturated carbocycles. The number of hydrogen-bond acceptors (Lipinski definition) is 4. The Kier molecular flexibility index (Phi) is 8.39. The number of benzene rings is 2. The van der Waals surface area contributed by atoms with Crippen molar-refractivity contribution < 1.29 is 22.8 Å². The van der Waals surface area contributed by atoms with E-state index in [2.05, 4.69) is 16.9 Å². The van der Waals surface area contributed by atoms with E-state index in [-0.39, 0.29) is 23.5 Å². The summed E-state index contributed by atoms with van der Waals surface area (Å²) in [6.07, 6.45) is -2.68. The van der Waals surface area contributed by atoms with Crippen LogP contribution < -0.4 is 16.0 Å². The molecule has 3 rings (SSSR count). The third-order valence-corrected chi connectivity index (χ3v) is 6.05. The number of anilines is 1. The molecule has 3 N–H and O–H groups in total. The maximum Gasteiger partial charge on any atom is 0.416 e. The van der Waals surface area contributed by atoms with Gasteiger partial charge in [0.05, 0.1) is 11.3 Å². The zero-order valence-electron chi connectivity index (χ0n) is 20.3. The summed E-state index contributed by atoms with van der Waals surface area (Å²) in [5, 5.41) is 2.99. The fourth-order valence-electron chi connectivity index (χ4n) is 4.01. The van der Waals surface area contributed by atoms with Gasteiger partial charge in [-0.1, -0.05) is 37.8 Å². The van der Waals surface area contributed by atoms with E-state index in [9.17, 15) is 22.8 Å². The summed E-state index contributed by atoms with van der Waals surface area (Å²) >= 11 is 0. The monoisotopic (exact) mass is 501 g/mol. The van der Waals surface area contributed by atoms with Crippen LogP contribution in [0.3, 0.4) is 0 Å². The molecule has 0 atom stereocenters. The van der Waals surface area contributed by atoms with Gasteiger partial charge >= 0.3 is 12.2 Å². The molecule has 10 heteroatoms. The average molecular weight is 502 g/mol. The van der Waals surface area contributed by atoms with E-state index in [0.29, 0.717) is 43.7 Å². The Hall–Kier alpha value is -3.82. The lowest BCUT2D eigenvalue weighted by molar-refractivity contribution is -0.137. The van der Waals surface area contributed by atoms with Gasteiger partial charge in [-0.2, -0.15) is 13.2 Å². The molecule has 1 saturated heterocycles. The topological polar surface area (TPSA) is 91.0 Å². The molecule has 2 aromatic rings. The number of rotatable bonds is 6. The van der Waals surface area contributed by atoms with Crippen LogP contribution in [-0.2, 0) is 11.0 Å². The molecule has 1 heterocycles. The van der Waals surface area contributed by atoms with Gasteiger partial charge < -0.3 is 16.0 Å². The van der Waals surface area contributed by atoms with Gasteiger partial charge in [0.15, 0.2) is 5.84 Å².